The zero-order valence-corrected chi connectivity index (χ0v) is 144. The van der Waals surface area contributed by atoms with Crippen LogP contribution in [0.1, 0.15) is 64.1 Å². The van der Waals surface area contributed by atoms with E-state index in [0.717, 1.165) is 49.6 Å². The summed E-state index contributed by atoms with van der Waals surface area (Å²) in [7, 11) is 176. The molecule has 4 rings (SSSR count). The van der Waals surface area contributed by atoms with Gasteiger partial charge in [-0.3, -0.25) is 19.5 Å². The van der Waals surface area contributed by atoms with E-state index in [2.05, 4.69) is 53.8 Å². The van der Waals surface area contributed by atoms with Gasteiger partial charge in [-0.2, -0.15) is 0 Å². The van der Waals surface area contributed by atoms with E-state index in [9.17, 15) is 9.59 Å². The zero-order valence-electron chi connectivity index (χ0n) is 62.4. The van der Waals surface area contributed by atoms with Gasteiger partial charge in [-0.25, -0.2) is 0 Å². The molecular formula is C29H39ClN4O2S99. The number of aromatic nitrogens is 1. The molecule has 0 saturated carbocycles. The molecule has 106 heteroatoms. The van der Waals surface area contributed by atoms with Crippen molar-refractivity contribution in [2.75, 3.05) is 32.7 Å². The summed E-state index contributed by atoms with van der Waals surface area (Å²) in [5.41, 5.74) is 2.26. The number of benzene rings is 1. The molecule has 0 aliphatic carbocycles. The maximum Gasteiger partial charge on any atom is 0.223 e. The van der Waals surface area contributed by atoms with Crippen molar-refractivity contribution < 1.29 is 9.59 Å². The van der Waals surface area contributed by atoms with Gasteiger partial charge in [-0.1, -0.05) is 50.6 Å². The number of carbonyl (C=O) groups excluding carboxylic acids is 2. The van der Waals surface area contributed by atoms with Crippen LogP contribution in [0.5, 0.6) is 0 Å². The molecule has 0 N–H and O–H groups in total. The molecule has 0 radical (unpaired) electrons. The van der Waals surface area contributed by atoms with Gasteiger partial charge in [0.25, 0.3) is 0 Å². The number of nitrogens with zero attached hydrogens (tertiary/aromatic N) is 4. The van der Waals surface area contributed by atoms with E-state index < -0.39 is 0 Å². The van der Waals surface area contributed by atoms with Gasteiger partial charge >= 0.3 is 0 Å². The Morgan fingerprint density at radius 1 is 0.311 bits per heavy atom. The summed E-state index contributed by atoms with van der Waals surface area (Å²) in [6.07, 6.45) is 6.13. The summed E-state index contributed by atoms with van der Waals surface area (Å²) >= 11 is 15.9. The van der Waals surface area contributed by atoms with Gasteiger partial charge in [0.2, 0.25) is 11.8 Å². The molecule has 0 bridgehead atoms. The molecule has 3 heterocycles. The van der Waals surface area contributed by atoms with E-state index in [4.69, 9.17) is 34.0 Å². The summed E-state index contributed by atoms with van der Waals surface area (Å²) in [5.74, 6) is 0.733. The fraction of sp³-hybridized carbons (Fsp3) is 0.552. The lowest BCUT2D eigenvalue weighted by atomic mass is 9.82. The number of rotatable bonds is 5. The Labute approximate surface area is 1070 Å². The Morgan fingerprint density at radius 2 is 0.519 bits per heavy atom. The average molecular weight is 3690 g/mol. The SMILES string of the molecule is CC(=O)N1CCC(CC(=O)N2CCN(C(c3ccc(Cl)cc3)c3cccnc3)C[C@@H]2C(C)(C)C)CC1.S=S=S=S=S=S=S=S=S=S=S=S=S=S=S=S=S=S=S=S=S=S=S=S=S=S=S=S=S=S=S=S=S=S=S=S=S=S=S=S=S=S=S=S=S=S=S=S=S=S=S=S=S=S=S=S=S=S=S=S=S=S=S=S=S=S=S=S=S=S=S=S=S=S=S=S=S=S=S=S=S=S=S=S=S=S=S=S=S=S=S=S=S=S=S=S=S=S=S. The van der Waals surface area contributed by atoms with Crippen LogP contribution in [-0.2, 0) is 893 Å². The predicted molar refractivity (Wildman–Crippen MR) is 873 cm³/mol. The van der Waals surface area contributed by atoms with Gasteiger partial charge < -0.3 is 9.80 Å². The summed E-state index contributed by atoms with van der Waals surface area (Å²) in [6.45, 7) is 12.1. The Balaban J connectivity index is 0.00000107. The topological polar surface area (TPSA) is 56.8 Å². The Bertz CT molecular complexity index is 9250. The number of hydrogen-bond acceptors (Lipinski definition) is 6. The van der Waals surface area contributed by atoms with Crippen molar-refractivity contribution in [3.8, 4) is 0 Å². The molecule has 135 heavy (non-hydrogen) atoms. The minimum atomic E-state index is -0.0637. The molecule has 2 aliphatic heterocycles. The molecule has 2 aromatic rings. The van der Waals surface area contributed by atoms with Crippen molar-refractivity contribution >= 4 is 907 Å². The molecule has 2 atom stereocenters. The number of piperidine rings is 1. The highest BCUT2D eigenvalue weighted by Gasteiger charge is 2.41. The van der Waals surface area contributed by atoms with Gasteiger partial charge in [0.1, 0.15) is 0 Å². The lowest BCUT2D eigenvalue weighted by Crippen LogP contribution is -2.60. The standard InChI is InChI=1S/C29H39ClN4O2.S99/c1-21(35)32-14-11-22(12-15-32)18-27(36)34-17-16-33(20-26(34)29(2,3)4)28(24-6-5-13-31-19-24)23-7-9-25(30)10-8-23;1-3-5-7-9-11-13-15-17-19-21-23-25-27-29-31-33-35-37-39-41-43-45-47-49-51-53-55-57-59-61-63-65-67-69-71-73-75-77-79-81-83-85-87-89-91-93-95-97-99-98-96-94-92-90-88-86-84-82-80-78-76-74-72-70-68-66-64-62-60-58-56-54-52-50-48-46-44-42-40-38-36-34-32-30-28-26-24-22-20-18-16-14-12-10-8-6-4-2/h5-10,13,19,22,26,28H,11-12,14-18,20H2,1-4H3;/t26-,28?;/m1./s1. The number of halogens is 1. The van der Waals surface area contributed by atoms with Crippen molar-refractivity contribution in [3.05, 3.63) is 64.9 Å². The Hall–Kier alpha value is 19.3. The van der Waals surface area contributed by atoms with Crippen LogP contribution in [0, 0.1) is 11.3 Å². The highest BCUT2D eigenvalue weighted by Crippen LogP contribution is 2.36. The first-order valence-electron chi connectivity index (χ1n) is 29.4. The van der Waals surface area contributed by atoms with Crippen LogP contribution in [0.3, 0.4) is 0 Å². The highest BCUT2D eigenvalue weighted by molar-refractivity contribution is 8.87. The van der Waals surface area contributed by atoms with Gasteiger partial charge in [0, 0.05) is 953 Å². The third-order valence-electron chi connectivity index (χ3n) is 10.5. The molecule has 2 aliphatic rings. The minimum absolute atomic E-state index is 0.0500. The van der Waals surface area contributed by atoms with Crippen molar-refractivity contribution in [2.24, 2.45) is 11.3 Å². The van der Waals surface area contributed by atoms with Crippen molar-refractivity contribution in [3.63, 3.8) is 0 Å². The maximum absolute atomic E-state index is 13.6. The first-order valence-corrected chi connectivity index (χ1v) is 160. The van der Waals surface area contributed by atoms with Crippen LogP contribution in [0.15, 0.2) is 48.8 Å². The van der Waals surface area contributed by atoms with Crippen LogP contribution in [0.25, 0.3) is 0 Å². The predicted octanol–water partition coefficient (Wildman–Crippen LogP) is 4.79. The number of likely N-dealkylation sites (tertiary alicyclic amines) is 1. The van der Waals surface area contributed by atoms with Crippen molar-refractivity contribution in [2.45, 2.75) is 59.0 Å². The molecule has 6 nitrogen and oxygen atoms in total. The summed E-state index contributed by atoms with van der Waals surface area (Å²) in [4.78, 5) is 36.2. The first kappa shape index (κ1) is 148. The Kier molecular flexibility index (Phi) is 132. The van der Waals surface area contributed by atoms with Crippen LogP contribution in [0.2, 0.25) is 5.02 Å². The van der Waals surface area contributed by atoms with Gasteiger partial charge in [0.15, 0.2) is 0 Å². The van der Waals surface area contributed by atoms with E-state index >= 15 is 0 Å². The number of hydrogen-bond donors (Lipinski definition) is 0. The summed E-state index contributed by atoms with van der Waals surface area (Å²) in [5, 5.41) is 0.723. The second kappa shape index (κ2) is 120. The first-order chi connectivity index (χ1) is 66.5. The van der Waals surface area contributed by atoms with Crippen molar-refractivity contribution in [1.29, 1.82) is 0 Å². The molecule has 2 amide bonds. The van der Waals surface area contributed by atoms with Crippen LogP contribution in [0.4, 0.5) is 0 Å². The lowest BCUT2D eigenvalue weighted by Gasteiger charge is -2.49. The molecule has 788 valence electrons. The molecule has 1 unspecified atom stereocenters. The second-order valence-electron chi connectivity index (χ2n) is 18.0. The molecule has 1 aromatic heterocycles. The quantitative estimate of drug-likeness (QED) is 0.430. The zero-order chi connectivity index (χ0) is 96.5. The number of pyridine rings is 1. The molecule has 2 fully saturated rings. The molecule has 0 spiro atoms. The number of piperazine rings is 1. The third-order valence-corrected chi connectivity index (χ3v) is 224. The van der Waals surface area contributed by atoms with Crippen LogP contribution in [-0.4, -0.2) is 70.3 Å². The van der Waals surface area contributed by atoms with E-state index in [1.165, 1.54) is 23.3 Å². The highest BCUT2D eigenvalue weighted by atomic mass is 35.5. The summed E-state index contributed by atoms with van der Waals surface area (Å²) < 4.78 is 0. The molecular weight excluding hydrogens is 3650 g/mol. The lowest BCUT2D eigenvalue weighted by molar-refractivity contribution is -0.141. The normalized spacial score (nSPS) is 11.3. The summed E-state index contributed by atoms with van der Waals surface area (Å²) in [6, 6.07) is 12.3. The maximum atomic E-state index is 13.6. The fourth-order valence-electron chi connectivity index (χ4n) is 6.77. The molecule has 2 saturated heterocycles. The van der Waals surface area contributed by atoms with Gasteiger partial charge in [-0.15, -0.1) is 0 Å². The Morgan fingerprint density at radius 3 is 0.696 bits per heavy atom. The van der Waals surface area contributed by atoms with E-state index in [0.29, 0.717) is 18.9 Å². The van der Waals surface area contributed by atoms with Crippen molar-refractivity contribution in [1.82, 2.24) is 19.7 Å². The third kappa shape index (κ3) is 101. The van der Waals surface area contributed by atoms with Crippen LogP contribution < -0.4 is 0 Å². The van der Waals surface area contributed by atoms with Crippen LogP contribution >= 0.6 is 11.6 Å². The number of amides is 2. The smallest absolute Gasteiger partial charge is 0.223 e. The van der Waals surface area contributed by atoms with Gasteiger partial charge in [-0.05, 0) is 53.5 Å². The second-order valence-corrected chi connectivity index (χ2v) is 190. The van der Waals surface area contributed by atoms with Gasteiger partial charge in [0.05, 0.1) is 6.04 Å². The molecule has 1 aromatic carbocycles. The number of carbonyl (C=O) groups is 2. The largest absolute Gasteiger partial charge is 0.343 e. The van der Waals surface area contributed by atoms with E-state index in [1.54, 1.807) is 120 Å². The monoisotopic (exact) mass is 3680 g/mol. The average Bonchev–Trinajstić information content (AvgIpc) is 0.778. The van der Waals surface area contributed by atoms with E-state index in [1.807, 2.05) is 766 Å². The van der Waals surface area contributed by atoms with E-state index in [-0.39, 0.29) is 29.3 Å². The fourth-order valence-corrected chi connectivity index (χ4v) is 268. The minimum Gasteiger partial charge on any atom is -0.343 e.